The van der Waals surface area contributed by atoms with Crippen molar-refractivity contribution in [3.8, 4) is 0 Å². The predicted molar refractivity (Wildman–Crippen MR) is 94.3 cm³/mol. The maximum absolute atomic E-state index is 12.7. The number of hydrogen-bond donors (Lipinski definition) is 2. The quantitative estimate of drug-likeness (QED) is 0.874. The molecule has 0 radical (unpaired) electrons. The van der Waals surface area contributed by atoms with Crippen LogP contribution in [-0.4, -0.2) is 57.3 Å². The first-order valence-corrected chi connectivity index (χ1v) is 9.11. The maximum Gasteiger partial charge on any atom is 0.226 e. The first-order valence-electron chi connectivity index (χ1n) is 9.11. The van der Waals surface area contributed by atoms with Crippen LogP contribution >= 0.6 is 0 Å². The van der Waals surface area contributed by atoms with Gasteiger partial charge < -0.3 is 19.7 Å². The Hall–Kier alpha value is -1.92. The fraction of sp³-hybridized carbons (Fsp3) is 0.579. The van der Waals surface area contributed by atoms with Crippen molar-refractivity contribution in [2.45, 2.75) is 50.7 Å². The molecule has 2 saturated heterocycles. The Kier molecular flexibility index (Phi) is 4.25. The number of piperidine rings is 1. The number of ether oxygens (including phenoxy) is 1. The van der Waals surface area contributed by atoms with Crippen molar-refractivity contribution in [3.05, 3.63) is 29.6 Å². The molecule has 0 saturated carbocycles. The number of fused-ring (bicyclic) bond motifs is 1. The number of nitrogens with one attached hydrogen (secondary N) is 1. The second kappa shape index (κ2) is 6.42. The van der Waals surface area contributed by atoms with E-state index in [-0.39, 0.29) is 5.91 Å². The van der Waals surface area contributed by atoms with Crippen molar-refractivity contribution in [3.63, 3.8) is 0 Å². The Bertz CT molecular complexity index is 777. The van der Waals surface area contributed by atoms with E-state index in [1.165, 1.54) is 0 Å². The fourth-order valence-corrected chi connectivity index (χ4v) is 4.10. The molecule has 1 atom stereocenters. The molecule has 2 fully saturated rings. The minimum absolute atomic E-state index is 0.135. The van der Waals surface area contributed by atoms with Crippen LogP contribution in [0.1, 0.15) is 37.1 Å². The van der Waals surface area contributed by atoms with Gasteiger partial charge in [-0.15, -0.1) is 0 Å². The highest BCUT2D eigenvalue weighted by atomic mass is 16.5. The van der Waals surface area contributed by atoms with Crippen molar-refractivity contribution in [2.75, 3.05) is 19.7 Å². The van der Waals surface area contributed by atoms with Gasteiger partial charge in [0.1, 0.15) is 5.82 Å². The molecule has 1 aromatic carbocycles. The largest absolute Gasteiger partial charge is 0.390 e. The van der Waals surface area contributed by atoms with Crippen LogP contribution < -0.4 is 0 Å². The molecule has 1 amide bonds. The van der Waals surface area contributed by atoms with E-state index in [1.54, 1.807) is 0 Å². The summed E-state index contributed by atoms with van der Waals surface area (Å²) >= 11 is 0. The number of H-pyrrole nitrogens is 1. The van der Waals surface area contributed by atoms with Crippen molar-refractivity contribution in [1.82, 2.24) is 14.9 Å². The number of amides is 1. The van der Waals surface area contributed by atoms with E-state index in [9.17, 15) is 9.90 Å². The van der Waals surface area contributed by atoms with Gasteiger partial charge in [0.15, 0.2) is 0 Å². The lowest BCUT2D eigenvalue weighted by Gasteiger charge is -2.46. The number of benzene rings is 1. The van der Waals surface area contributed by atoms with E-state index in [0.717, 1.165) is 48.1 Å². The second-order valence-electron chi connectivity index (χ2n) is 7.30. The third-order valence-electron chi connectivity index (χ3n) is 5.60. The van der Waals surface area contributed by atoms with Crippen LogP contribution in [0, 0.1) is 6.92 Å². The van der Waals surface area contributed by atoms with E-state index in [2.05, 4.69) is 9.97 Å². The van der Waals surface area contributed by atoms with Gasteiger partial charge in [-0.25, -0.2) is 4.98 Å². The Morgan fingerprint density at radius 1 is 1.44 bits per heavy atom. The SMILES string of the molecule is Cc1nc2ccc(CC(=O)N3CCC4(CC3)OCCC[C@H]4O)cc2[nH]1. The van der Waals surface area contributed by atoms with Crippen molar-refractivity contribution >= 4 is 16.9 Å². The monoisotopic (exact) mass is 343 g/mol. The van der Waals surface area contributed by atoms with Crippen LogP contribution in [0.5, 0.6) is 0 Å². The second-order valence-corrected chi connectivity index (χ2v) is 7.30. The van der Waals surface area contributed by atoms with Crippen LogP contribution in [-0.2, 0) is 16.0 Å². The summed E-state index contributed by atoms with van der Waals surface area (Å²) in [6, 6.07) is 5.94. The van der Waals surface area contributed by atoms with Crippen LogP contribution in [0.4, 0.5) is 0 Å². The molecule has 6 nitrogen and oxygen atoms in total. The number of aliphatic hydroxyl groups is 1. The minimum Gasteiger partial charge on any atom is -0.390 e. The molecule has 6 heteroatoms. The molecular weight excluding hydrogens is 318 g/mol. The third kappa shape index (κ3) is 3.16. The molecule has 25 heavy (non-hydrogen) atoms. The number of carbonyl (C=O) groups excluding carboxylic acids is 1. The van der Waals surface area contributed by atoms with Gasteiger partial charge in [-0.1, -0.05) is 6.07 Å². The van der Waals surface area contributed by atoms with Gasteiger partial charge in [0, 0.05) is 19.7 Å². The molecule has 1 aromatic heterocycles. The van der Waals surface area contributed by atoms with Crippen LogP contribution in [0.3, 0.4) is 0 Å². The summed E-state index contributed by atoms with van der Waals surface area (Å²) in [5.41, 5.74) is 2.47. The first kappa shape index (κ1) is 16.5. The number of aromatic nitrogens is 2. The number of rotatable bonds is 2. The Balaban J connectivity index is 1.40. The van der Waals surface area contributed by atoms with Crippen molar-refractivity contribution < 1.29 is 14.6 Å². The van der Waals surface area contributed by atoms with E-state index < -0.39 is 11.7 Å². The van der Waals surface area contributed by atoms with E-state index >= 15 is 0 Å². The van der Waals surface area contributed by atoms with Gasteiger partial charge in [-0.3, -0.25) is 4.79 Å². The molecule has 0 aliphatic carbocycles. The summed E-state index contributed by atoms with van der Waals surface area (Å²) in [5.74, 6) is 1.02. The lowest BCUT2D eigenvalue weighted by atomic mass is 9.82. The zero-order valence-corrected chi connectivity index (χ0v) is 14.6. The number of likely N-dealkylation sites (tertiary alicyclic amines) is 1. The lowest BCUT2D eigenvalue weighted by Crippen LogP contribution is -2.56. The summed E-state index contributed by atoms with van der Waals surface area (Å²) in [6.45, 7) is 3.95. The highest BCUT2D eigenvalue weighted by molar-refractivity contribution is 5.82. The highest BCUT2D eigenvalue weighted by Gasteiger charge is 2.44. The number of imidazole rings is 1. The first-order chi connectivity index (χ1) is 12.1. The van der Waals surface area contributed by atoms with Crippen molar-refractivity contribution in [1.29, 1.82) is 0 Å². The van der Waals surface area contributed by atoms with Gasteiger partial charge in [0.25, 0.3) is 0 Å². The van der Waals surface area contributed by atoms with E-state index in [1.807, 2.05) is 30.0 Å². The molecule has 1 spiro atoms. The van der Waals surface area contributed by atoms with Gasteiger partial charge in [-0.05, 0) is 50.3 Å². The van der Waals surface area contributed by atoms with Gasteiger partial charge in [-0.2, -0.15) is 0 Å². The van der Waals surface area contributed by atoms with Crippen LogP contribution in [0.25, 0.3) is 11.0 Å². The molecule has 2 aromatic rings. The molecule has 2 aliphatic heterocycles. The molecule has 2 aliphatic rings. The van der Waals surface area contributed by atoms with Crippen LogP contribution in [0.2, 0.25) is 0 Å². The standard InChI is InChI=1S/C19H25N3O3/c1-13-20-15-5-4-14(11-16(15)21-13)12-18(24)22-8-6-19(7-9-22)17(23)3-2-10-25-19/h4-5,11,17,23H,2-3,6-10,12H2,1H3,(H,20,21)/t17-/m1/s1. The normalized spacial score (nSPS) is 23.3. The topological polar surface area (TPSA) is 78.5 Å². The van der Waals surface area contributed by atoms with Crippen LogP contribution in [0.15, 0.2) is 18.2 Å². The smallest absolute Gasteiger partial charge is 0.226 e. The number of hydrogen-bond acceptors (Lipinski definition) is 4. The Morgan fingerprint density at radius 3 is 3.00 bits per heavy atom. The Labute approximate surface area is 147 Å². The molecular formula is C19H25N3O3. The molecule has 4 rings (SSSR count). The maximum atomic E-state index is 12.7. The van der Waals surface area contributed by atoms with Gasteiger partial charge >= 0.3 is 0 Å². The number of carbonyl (C=O) groups is 1. The molecule has 0 bridgehead atoms. The fourth-order valence-electron chi connectivity index (χ4n) is 4.10. The lowest BCUT2D eigenvalue weighted by molar-refractivity contribution is -0.179. The average Bonchev–Trinajstić information content (AvgIpc) is 2.97. The zero-order valence-electron chi connectivity index (χ0n) is 14.6. The summed E-state index contributed by atoms with van der Waals surface area (Å²) < 4.78 is 5.92. The van der Waals surface area contributed by atoms with E-state index in [0.29, 0.717) is 26.1 Å². The zero-order chi connectivity index (χ0) is 17.4. The summed E-state index contributed by atoms with van der Waals surface area (Å²) in [4.78, 5) is 22.2. The molecule has 2 N–H and O–H groups in total. The summed E-state index contributed by atoms with van der Waals surface area (Å²) in [5, 5.41) is 10.3. The number of aromatic amines is 1. The van der Waals surface area contributed by atoms with Gasteiger partial charge in [0.05, 0.1) is 29.2 Å². The molecule has 134 valence electrons. The Morgan fingerprint density at radius 2 is 2.24 bits per heavy atom. The third-order valence-corrected chi connectivity index (χ3v) is 5.60. The number of aryl methyl sites for hydroxylation is 1. The summed E-state index contributed by atoms with van der Waals surface area (Å²) in [7, 11) is 0. The van der Waals surface area contributed by atoms with Crippen molar-refractivity contribution in [2.24, 2.45) is 0 Å². The number of nitrogens with zero attached hydrogens (tertiary/aromatic N) is 2. The van der Waals surface area contributed by atoms with E-state index in [4.69, 9.17) is 4.74 Å². The number of aliphatic hydroxyl groups excluding tert-OH is 1. The predicted octanol–water partition coefficient (Wildman–Crippen LogP) is 1.95. The van der Waals surface area contributed by atoms with Gasteiger partial charge in [0.2, 0.25) is 5.91 Å². The minimum atomic E-state index is -0.429. The molecule has 0 unspecified atom stereocenters. The highest BCUT2D eigenvalue weighted by Crippen LogP contribution is 2.35. The summed E-state index contributed by atoms with van der Waals surface area (Å²) in [6.07, 6.45) is 3.16. The average molecular weight is 343 g/mol. The molecule has 3 heterocycles.